The molecule has 0 aliphatic carbocycles. The highest BCUT2D eigenvalue weighted by Gasteiger charge is 2.21. The highest BCUT2D eigenvalue weighted by molar-refractivity contribution is 5.34. The van der Waals surface area contributed by atoms with E-state index >= 15 is 0 Å². The Labute approximate surface area is 96.9 Å². The zero-order valence-corrected chi connectivity index (χ0v) is 10.1. The van der Waals surface area contributed by atoms with E-state index in [4.69, 9.17) is 5.73 Å². The third kappa shape index (κ3) is 2.32. The summed E-state index contributed by atoms with van der Waals surface area (Å²) in [7, 11) is 0. The fraction of sp³-hybridized carbons (Fsp3) is 0.667. The van der Waals surface area contributed by atoms with Crippen molar-refractivity contribution in [3.8, 4) is 0 Å². The molecule has 4 heteroatoms. The zero-order valence-electron chi connectivity index (χ0n) is 10.1. The van der Waals surface area contributed by atoms with Gasteiger partial charge in [0.1, 0.15) is 0 Å². The average Bonchev–Trinajstić information content (AvgIpc) is 2.28. The van der Waals surface area contributed by atoms with E-state index in [2.05, 4.69) is 21.8 Å². The van der Waals surface area contributed by atoms with Gasteiger partial charge in [0.05, 0.1) is 5.69 Å². The monoisotopic (exact) mass is 220 g/mol. The van der Waals surface area contributed by atoms with Crippen LogP contribution in [0.15, 0.2) is 6.07 Å². The average molecular weight is 220 g/mol. The molecule has 4 nitrogen and oxygen atoms in total. The topological polar surface area (TPSA) is 55.0 Å². The third-order valence-corrected chi connectivity index (χ3v) is 3.16. The Kier molecular flexibility index (Phi) is 3.39. The van der Waals surface area contributed by atoms with Gasteiger partial charge in [0.15, 0.2) is 0 Å². The van der Waals surface area contributed by atoms with Crippen molar-refractivity contribution in [2.75, 3.05) is 11.4 Å². The molecule has 1 fully saturated rings. The van der Waals surface area contributed by atoms with Crippen LogP contribution in [0.1, 0.15) is 37.6 Å². The second-order valence-electron chi connectivity index (χ2n) is 4.54. The minimum Gasteiger partial charge on any atom is -0.338 e. The van der Waals surface area contributed by atoms with Gasteiger partial charge in [-0.25, -0.2) is 9.97 Å². The lowest BCUT2D eigenvalue weighted by atomic mass is 10.0. The third-order valence-electron chi connectivity index (χ3n) is 3.16. The van der Waals surface area contributed by atoms with Crippen molar-refractivity contribution in [3.63, 3.8) is 0 Å². The molecule has 2 rings (SSSR count). The van der Waals surface area contributed by atoms with Gasteiger partial charge in [-0.1, -0.05) is 0 Å². The van der Waals surface area contributed by atoms with Gasteiger partial charge in [-0.15, -0.1) is 0 Å². The second-order valence-corrected chi connectivity index (χ2v) is 4.54. The number of nitrogens with zero attached hydrogens (tertiary/aromatic N) is 3. The van der Waals surface area contributed by atoms with Gasteiger partial charge in [0.25, 0.3) is 0 Å². The first kappa shape index (κ1) is 11.3. The fourth-order valence-corrected chi connectivity index (χ4v) is 2.25. The lowest BCUT2D eigenvalue weighted by Crippen LogP contribution is -2.38. The molecule has 88 valence electrons. The SMILES string of the molecule is Cc1cc(CN)nc(N2CCCCC2C)n1. The largest absolute Gasteiger partial charge is 0.338 e. The molecular weight excluding hydrogens is 200 g/mol. The molecule has 0 saturated carbocycles. The molecule has 2 N–H and O–H groups in total. The number of rotatable bonds is 2. The molecule has 16 heavy (non-hydrogen) atoms. The predicted octanol–water partition coefficient (Wildman–Crippen LogP) is 1.62. The molecular formula is C12H20N4. The van der Waals surface area contributed by atoms with Crippen LogP contribution in [0.25, 0.3) is 0 Å². The van der Waals surface area contributed by atoms with E-state index in [-0.39, 0.29) is 0 Å². The van der Waals surface area contributed by atoms with Gasteiger partial charge < -0.3 is 10.6 Å². The molecule has 0 aromatic carbocycles. The standard InChI is InChI=1S/C12H20N4/c1-9-7-11(8-13)15-12(14-9)16-6-4-3-5-10(16)2/h7,10H,3-6,8,13H2,1-2H3. The van der Waals surface area contributed by atoms with Crippen molar-refractivity contribution in [2.45, 2.75) is 45.7 Å². The first-order valence-corrected chi connectivity index (χ1v) is 6.02. The van der Waals surface area contributed by atoms with Crippen LogP contribution in [0, 0.1) is 6.92 Å². The lowest BCUT2D eigenvalue weighted by molar-refractivity contribution is 0.476. The first-order chi connectivity index (χ1) is 7.70. The van der Waals surface area contributed by atoms with Gasteiger partial charge >= 0.3 is 0 Å². The van der Waals surface area contributed by atoms with Gasteiger partial charge in [-0.2, -0.15) is 0 Å². The van der Waals surface area contributed by atoms with Crippen LogP contribution in [0.3, 0.4) is 0 Å². The maximum Gasteiger partial charge on any atom is 0.226 e. The fourth-order valence-electron chi connectivity index (χ4n) is 2.25. The summed E-state index contributed by atoms with van der Waals surface area (Å²) in [5.74, 6) is 0.854. The quantitative estimate of drug-likeness (QED) is 0.823. The molecule has 1 aromatic heterocycles. The van der Waals surface area contributed by atoms with Crippen LogP contribution in [0.4, 0.5) is 5.95 Å². The summed E-state index contributed by atoms with van der Waals surface area (Å²) < 4.78 is 0. The highest BCUT2D eigenvalue weighted by atomic mass is 15.3. The molecule has 1 aromatic rings. The smallest absolute Gasteiger partial charge is 0.226 e. The highest BCUT2D eigenvalue weighted by Crippen LogP contribution is 2.21. The van der Waals surface area contributed by atoms with E-state index in [1.165, 1.54) is 19.3 Å². The summed E-state index contributed by atoms with van der Waals surface area (Å²) in [6.45, 7) is 5.79. The number of piperidine rings is 1. The Morgan fingerprint density at radius 1 is 1.44 bits per heavy atom. The number of hydrogen-bond donors (Lipinski definition) is 1. The van der Waals surface area contributed by atoms with Crippen molar-refractivity contribution < 1.29 is 0 Å². The number of nitrogens with two attached hydrogens (primary N) is 1. The van der Waals surface area contributed by atoms with Gasteiger partial charge in [0, 0.05) is 24.8 Å². The van der Waals surface area contributed by atoms with Crippen LogP contribution in [-0.4, -0.2) is 22.6 Å². The maximum absolute atomic E-state index is 5.64. The van der Waals surface area contributed by atoms with Crippen molar-refractivity contribution in [2.24, 2.45) is 5.73 Å². The van der Waals surface area contributed by atoms with Crippen LogP contribution in [0.2, 0.25) is 0 Å². The molecule has 1 aliphatic rings. The summed E-state index contributed by atoms with van der Waals surface area (Å²) in [6.07, 6.45) is 3.78. The van der Waals surface area contributed by atoms with Gasteiger partial charge in [-0.05, 0) is 39.2 Å². The Morgan fingerprint density at radius 2 is 2.25 bits per heavy atom. The van der Waals surface area contributed by atoms with E-state index in [1.807, 2.05) is 13.0 Å². The summed E-state index contributed by atoms with van der Waals surface area (Å²) in [4.78, 5) is 11.3. The molecule has 2 heterocycles. The number of aromatic nitrogens is 2. The van der Waals surface area contributed by atoms with Gasteiger partial charge in [0.2, 0.25) is 5.95 Å². The molecule has 1 atom stereocenters. The van der Waals surface area contributed by atoms with E-state index in [1.54, 1.807) is 0 Å². The number of hydrogen-bond acceptors (Lipinski definition) is 4. The first-order valence-electron chi connectivity index (χ1n) is 6.02. The molecule has 0 spiro atoms. The van der Waals surface area contributed by atoms with E-state index in [9.17, 15) is 0 Å². The van der Waals surface area contributed by atoms with Crippen LogP contribution >= 0.6 is 0 Å². The maximum atomic E-state index is 5.64. The van der Waals surface area contributed by atoms with E-state index in [0.717, 1.165) is 23.9 Å². The number of anilines is 1. The minimum absolute atomic E-state index is 0.485. The Balaban J connectivity index is 2.27. The zero-order chi connectivity index (χ0) is 11.5. The van der Waals surface area contributed by atoms with Crippen LogP contribution in [0.5, 0.6) is 0 Å². The number of aryl methyl sites for hydroxylation is 1. The van der Waals surface area contributed by atoms with Crippen LogP contribution in [-0.2, 0) is 6.54 Å². The summed E-state index contributed by atoms with van der Waals surface area (Å²) >= 11 is 0. The van der Waals surface area contributed by atoms with Crippen molar-refractivity contribution in [1.82, 2.24) is 9.97 Å². The molecule has 1 aliphatic heterocycles. The van der Waals surface area contributed by atoms with Crippen molar-refractivity contribution in [3.05, 3.63) is 17.5 Å². The minimum atomic E-state index is 0.485. The van der Waals surface area contributed by atoms with Crippen molar-refractivity contribution in [1.29, 1.82) is 0 Å². The van der Waals surface area contributed by atoms with Crippen molar-refractivity contribution >= 4 is 5.95 Å². The second kappa shape index (κ2) is 4.78. The van der Waals surface area contributed by atoms with Gasteiger partial charge in [-0.3, -0.25) is 0 Å². The van der Waals surface area contributed by atoms with E-state index < -0.39 is 0 Å². The van der Waals surface area contributed by atoms with Crippen LogP contribution < -0.4 is 10.6 Å². The molecule has 1 unspecified atom stereocenters. The predicted molar refractivity (Wildman–Crippen MR) is 65.3 cm³/mol. The summed E-state index contributed by atoms with van der Waals surface area (Å²) in [6, 6.07) is 2.50. The normalized spacial score (nSPS) is 21.2. The summed E-state index contributed by atoms with van der Waals surface area (Å²) in [5.41, 5.74) is 7.58. The molecule has 0 bridgehead atoms. The molecule has 0 amide bonds. The van der Waals surface area contributed by atoms with E-state index in [0.29, 0.717) is 12.6 Å². The summed E-state index contributed by atoms with van der Waals surface area (Å²) in [5, 5.41) is 0. The Hall–Kier alpha value is -1.16. The molecule has 1 saturated heterocycles. The Morgan fingerprint density at radius 3 is 2.94 bits per heavy atom. The molecule has 0 radical (unpaired) electrons. The Bertz CT molecular complexity index is 364. The lowest BCUT2D eigenvalue weighted by Gasteiger charge is -2.33.